The van der Waals surface area contributed by atoms with E-state index < -0.39 is 0 Å². The summed E-state index contributed by atoms with van der Waals surface area (Å²) >= 11 is 0. The van der Waals surface area contributed by atoms with Crippen LogP contribution in [0.5, 0.6) is 0 Å². The molecular formula is C24H33N3O3. The van der Waals surface area contributed by atoms with Crippen molar-refractivity contribution in [2.45, 2.75) is 88.4 Å². The fraction of sp³-hybridized carbons (Fsp3) is 0.667. The van der Waals surface area contributed by atoms with Crippen molar-refractivity contribution in [3.63, 3.8) is 0 Å². The lowest BCUT2D eigenvalue weighted by atomic mass is 9.72. The Hall–Kier alpha value is -2.08. The number of para-hydroxylation sites is 1. The predicted octanol–water partition coefficient (Wildman–Crippen LogP) is 3.90. The molecule has 2 unspecified atom stereocenters. The Labute approximate surface area is 178 Å². The summed E-state index contributed by atoms with van der Waals surface area (Å²) in [4.78, 5) is 30.2. The number of ether oxygens (including phenoxy) is 1. The number of rotatable bonds is 2. The van der Waals surface area contributed by atoms with Gasteiger partial charge in [0.1, 0.15) is 0 Å². The van der Waals surface area contributed by atoms with Gasteiger partial charge in [-0.25, -0.2) is 4.79 Å². The van der Waals surface area contributed by atoms with E-state index in [-0.39, 0.29) is 23.5 Å². The van der Waals surface area contributed by atoms with Crippen molar-refractivity contribution >= 4 is 17.7 Å². The molecule has 1 aromatic carbocycles. The molecule has 162 valence electrons. The number of hydrogen-bond acceptors (Lipinski definition) is 4. The van der Waals surface area contributed by atoms with E-state index in [0.717, 1.165) is 57.3 Å². The van der Waals surface area contributed by atoms with E-state index in [4.69, 9.17) is 4.74 Å². The minimum atomic E-state index is -0.356. The molecule has 2 bridgehead atoms. The molecule has 3 saturated heterocycles. The molecule has 1 aromatic rings. The van der Waals surface area contributed by atoms with Crippen LogP contribution in [0.25, 0.3) is 0 Å². The number of hydrogen-bond donors (Lipinski definition) is 1. The van der Waals surface area contributed by atoms with Gasteiger partial charge in [0.25, 0.3) is 0 Å². The molecule has 3 fully saturated rings. The van der Waals surface area contributed by atoms with E-state index >= 15 is 0 Å². The summed E-state index contributed by atoms with van der Waals surface area (Å²) in [6.07, 6.45) is 6.96. The Kier molecular flexibility index (Phi) is 5.00. The molecule has 1 N–H and O–H groups in total. The smallest absolute Gasteiger partial charge is 0.410 e. The first-order valence-corrected chi connectivity index (χ1v) is 11.6. The molecule has 6 nitrogen and oxygen atoms in total. The lowest BCUT2D eigenvalue weighted by molar-refractivity contribution is -0.123. The van der Waals surface area contributed by atoms with Crippen LogP contribution in [0.15, 0.2) is 24.3 Å². The maximum absolute atomic E-state index is 12.9. The normalized spacial score (nSPS) is 30.3. The van der Waals surface area contributed by atoms with E-state index in [0.29, 0.717) is 18.1 Å². The molecule has 4 aliphatic heterocycles. The number of benzene rings is 1. The van der Waals surface area contributed by atoms with Gasteiger partial charge in [-0.3, -0.25) is 4.79 Å². The van der Waals surface area contributed by atoms with Gasteiger partial charge < -0.3 is 19.9 Å². The minimum Gasteiger partial charge on any atom is -0.447 e. The van der Waals surface area contributed by atoms with E-state index in [2.05, 4.69) is 16.3 Å². The first kappa shape index (κ1) is 19.9. The van der Waals surface area contributed by atoms with Crippen LogP contribution in [0, 0.1) is 0 Å². The lowest BCUT2D eigenvalue weighted by Crippen LogP contribution is -2.60. The van der Waals surface area contributed by atoms with Crippen molar-refractivity contribution in [2.24, 2.45) is 0 Å². The molecule has 2 atom stereocenters. The van der Waals surface area contributed by atoms with Gasteiger partial charge in [0.05, 0.1) is 11.5 Å². The molecule has 4 heterocycles. The highest BCUT2D eigenvalue weighted by molar-refractivity contribution is 6.06. The van der Waals surface area contributed by atoms with Gasteiger partial charge in [-0.15, -0.1) is 0 Å². The van der Waals surface area contributed by atoms with Crippen molar-refractivity contribution in [2.75, 3.05) is 18.4 Å². The maximum atomic E-state index is 12.9. The Morgan fingerprint density at radius 1 is 1.10 bits per heavy atom. The highest BCUT2D eigenvalue weighted by Gasteiger charge is 2.50. The highest BCUT2D eigenvalue weighted by Crippen LogP contribution is 2.46. The van der Waals surface area contributed by atoms with Crippen molar-refractivity contribution < 1.29 is 14.3 Å². The second-order valence-corrected chi connectivity index (χ2v) is 9.82. The Bertz CT molecular complexity index is 817. The quantitative estimate of drug-likeness (QED) is 0.802. The summed E-state index contributed by atoms with van der Waals surface area (Å²) in [7, 11) is 0. The van der Waals surface area contributed by atoms with E-state index in [1.807, 2.05) is 36.9 Å². The molecule has 30 heavy (non-hydrogen) atoms. The number of nitrogens with one attached hydrogen (secondary N) is 1. The number of fused-ring (bicyclic) bond motifs is 4. The molecule has 5 rings (SSSR count). The monoisotopic (exact) mass is 411 g/mol. The summed E-state index contributed by atoms with van der Waals surface area (Å²) in [5, 5.41) is 3.10. The second-order valence-electron chi connectivity index (χ2n) is 9.82. The molecular weight excluding hydrogens is 378 g/mol. The number of amides is 2. The van der Waals surface area contributed by atoms with Gasteiger partial charge in [0.15, 0.2) is 0 Å². The van der Waals surface area contributed by atoms with Crippen molar-refractivity contribution in [1.82, 2.24) is 9.80 Å². The van der Waals surface area contributed by atoms with Gasteiger partial charge in [-0.1, -0.05) is 18.2 Å². The summed E-state index contributed by atoms with van der Waals surface area (Å²) in [6, 6.07) is 9.25. The fourth-order valence-corrected chi connectivity index (χ4v) is 6.35. The second kappa shape index (κ2) is 7.56. The van der Waals surface area contributed by atoms with Crippen LogP contribution in [-0.2, 0) is 14.9 Å². The van der Waals surface area contributed by atoms with Gasteiger partial charge in [0, 0.05) is 23.8 Å². The number of nitrogens with zero attached hydrogens (tertiary/aromatic N) is 2. The SMILES string of the molecule is CC(C)OC(=O)N1C2CCCC1CC(N1CCC3(CC1)C(=O)Nc1ccccc13)C2. The van der Waals surface area contributed by atoms with Crippen LogP contribution in [0.3, 0.4) is 0 Å². The van der Waals surface area contributed by atoms with Crippen molar-refractivity contribution in [1.29, 1.82) is 0 Å². The molecule has 6 heteroatoms. The molecule has 0 aromatic heterocycles. The number of likely N-dealkylation sites (tertiary alicyclic amines) is 1. The summed E-state index contributed by atoms with van der Waals surface area (Å²) in [6.45, 7) is 5.73. The Morgan fingerprint density at radius 2 is 1.77 bits per heavy atom. The molecule has 4 aliphatic rings. The lowest BCUT2D eigenvalue weighted by Gasteiger charge is -2.52. The van der Waals surface area contributed by atoms with E-state index in [1.165, 1.54) is 12.0 Å². The van der Waals surface area contributed by atoms with Crippen LogP contribution in [0.2, 0.25) is 0 Å². The van der Waals surface area contributed by atoms with Gasteiger partial charge in [0.2, 0.25) is 5.91 Å². The van der Waals surface area contributed by atoms with E-state index in [1.54, 1.807) is 0 Å². The topological polar surface area (TPSA) is 61.9 Å². The summed E-state index contributed by atoms with van der Waals surface area (Å²) in [5.41, 5.74) is 1.81. The largest absolute Gasteiger partial charge is 0.447 e. The number of anilines is 1. The Morgan fingerprint density at radius 3 is 2.43 bits per heavy atom. The predicted molar refractivity (Wildman–Crippen MR) is 115 cm³/mol. The minimum absolute atomic E-state index is 0.0744. The van der Waals surface area contributed by atoms with Crippen LogP contribution in [-0.4, -0.2) is 59.1 Å². The van der Waals surface area contributed by atoms with Crippen LogP contribution in [0.1, 0.15) is 64.4 Å². The fourth-order valence-electron chi connectivity index (χ4n) is 6.35. The highest BCUT2D eigenvalue weighted by atomic mass is 16.6. The van der Waals surface area contributed by atoms with Crippen LogP contribution in [0.4, 0.5) is 10.5 Å². The molecule has 0 radical (unpaired) electrons. The number of piperidine rings is 3. The third-order valence-corrected chi connectivity index (χ3v) is 7.79. The van der Waals surface area contributed by atoms with Crippen molar-refractivity contribution in [3.8, 4) is 0 Å². The zero-order valence-corrected chi connectivity index (χ0v) is 18.1. The van der Waals surface area contributed by atoms with Gasteiger partial charge in [-0.05, 0) is 83.5 Å². The van der Waals surface area contributed by atoms with Gasteiger partial charge >= 0.3 is 6.09 Å². The first-order valence-electron chi connectivity index (χ1n) is 11.6. The Balaban J connectivity index is 1.27. The van der Waals surface area contributed by atoms with Crippen LogP contribution < -0.4 is 5.32 Å². The standard InChI is InChI=1S/C24H33N3O3/c1-16(2)30-23(29)27-17-6-5-7-18(27)15-19(14-17)26-12-10-24(11-13-26)20-8-3-4-9-21(20)25-22(24)28/h3-4,8-9,16-19H,5-7,10-15H2,1-2H3,(H,25,28). The van der Waals surface area contributed by atoms with Crippen molar-refractivity contribution in [3.05, 3.63) is 29.8 Å². The third kappa shape index (κ3) is 3.20. The summed E-state index contributed by atoms with van der Waals surface area (Å²) < 4.78 is 5.54. The zero-order valence-electron chi connectivity index (χ0n) is 18.1. The molecule has 2 amide bonds. The molecule has 0 aliphatic carbocycles. The molecule has 0 saturated carbocycles. The van der Waals surface area contributed by atoms with Crippen LogP contribution >= 0.6 is 0 Å². The average molecular weight is 412 g/mol. The first-order chi connectivity index (χ1) is 14.5. The zero-order chi connectivity index (χ0) is 20.9. The number of carbonyl (C=O) groups is 2. The van der Waals surface area contributed by atoms with Gasteiger partial charge in [-0.2, -0.15) is 0 Å². The number of carbonyl (C=O) groups excluding carboxylic acids is 2. The van der Waals surface area contributed by atoms with E-state index in [9.17, 15) is 9.59 Å². The third-order valence-electron chi connectivity index (χ3n) is 7.79. The maximum Gasteiger partial charge on any atom is 0.410 e. The summed E-state index contributed by atoms with van der Waals surface area (Å²) in [5.74, 6) is 0.173. The average Bonchev–Trinajstić information content (AvgIpc) is 2.98. The molecule has 1 spiro atoms.